The Balaban J connectivity index is 2.73. The lowest BCUT2D eigenvalue weighted by Crippen LogP contribution is -2.17. The molecule has 0 atom stereocenters. The smallest absolute Gasteiger partial charge is 0.248 e. The number of rotatable bonds is 3. The molecule has 0 aliphatic carbocycles. The van der Waals surface area contributed by atoms with Crippen molar-refractivity contribution in [1.29, 1.82) is 0 Å². The van der Waals surface area contributed by atoms with Crippen molar-refractivity contribution in [2.45, 2.75) is 33.2 Å². The van der Waals surface area contributed by atoms with Gasteiger partial charge in [-0.3, -0.25) is 4.79 Å². The molecular formula is C13H15FN2OS. The summed E-state index contributed by atoms with van der Waals surface area (Å²) in [6.07, 6.45) is 1.23. The Morgan fingerprint density at radius 1 is 1.44 bits per heavy atom. The minimum Gasteiger partial charge on any atom is -0.314 e. The first-order valence-electron chi connectivity index (χ1n) is 6.02. The van der Waals surface area contributed by atoms with Gasteiger partial charge in [-0.05, 0) is 18.6 Å². The number of carbonyl (C=O) groups excluding carboxylic acids is 1. The molecule has 0 spiro atoms. The highest BCUT2D eigenvalue weighted by molar-refractivity contribution is 7.16. The van der Waals surface area contributed by atoms with Crippen LogP contribution in [0.4, 0.5) is 4.39 Å². The summed E-state index contributed by atoms with van der Waals surface area (Å²) in [5.74, 6) is -0.436. The van der Waals surface area contributed by atoms with Crippen molar-refractivity contribution >= 4 is 27.5 Å². The maximum absolute atomic E-state index is 13.9. The van der Waals surface area contributed by atoms with E-state index in [4.69, 9.17) is 0 Å². The third-order valence-corrected chi connectivity index (χ3v) is 3.67. The molecule has 2 rings (SSSR count). The number of nitrogens with zero attached hydrogens (tertiary/aromatic N) is 2. The molecule has 1 aromatic heterocycles. The average molecular weight is 266 g/mol. The molecule has 1 amide bonds. The van der Waals surface area contributed by atoms with Crippen LogP contribution in [0.1, 0.15) is 26.7 Å². The van der Waals surface area contributed by atoms with E-state index in [0.717, 1.165) is 11.1 Å². The van der Waals surface area contributed by atoms with Gasteiger partial charge in [-0.1, -0.05) is 31.3 Å². The Hall–Kier alpha value is -1.49. The van der Waals surface area contributed by atoms with E-state index in [0.29, 0.717) is 23.3 Å². The molecule has 0 N–H and O–H groups in total. The van der Waals surface area contributed by atoms with Gasteiger partial charge in [0.15, 0.2) is 4.80 Å². The summed E-state index contributed by atoms with van der Waals surface area (Å²) >= 11 is 1.36. The van der Waals surface area contributed by atoms with Gasteiger partial charge < -0.3 is 4.57 Å². The lowest BCUT2D eigenvalue weighted by Gasteiger charge is -2.02. The fourth-order valence-corrected chi connectivity index (χ4v) is 2.88. The lowest BCUT2D eigenvalue weighted by atomic mass is 10.3. The van der Waals surface area contributed by atoms with Crippen molar-refractivity contribution in [2.75, 3.05) is 0 Å². The third-order valence-electron chi connectivity index (χ3n) is 2.62. The number of hydrogen-bond acceptors (Lipinski definition) is 2. The molecule has 0 bridgehead atoms. The number of aromatic nitrogens is 1. The Labute approximate surface area is 109 Å². The van der Waals surface area contributed by atoms with E-state index >= 15 is 0 Å². The molecule has 0 unspecified atom stereocenters. The highest BCUT2D eigenvalue weighted by Gasteiger charge is 2.10. The van der Waals surface area contributed by atoms with E-state index in [2.05, 4.69) is 4.99 Å². The first-order chi connectivity index (χ1) is 8.67. The van der Waals surface area contributed by atoms with Crippen LogP contribution < -0.4 is 4.80 Å². The Morgan fingerprint density at radius 3 is 2.89 bits per heavy atom. The summed E-state index contributed by atoms with van der Waals surface area (Å²) in [6, 6.07) is 4.97. The largest absolute Gasteiger partial charge is 0.314 e. The predicted molar refractivity (Wildman–Crippen MR) is 70.9 cm³/mol. The van der Waals surface area contributed by atoms with E-state index in [-0.39, 0.29) is 11.7 Å². The van der Waals surface area contributed by atoms with Crippen molar-refractivity contribution in [2.24, 2.45) is 4.99 Å². The standard InChI is InChI=1S/C13H15FN2OS/c1-3-8-16-12-9(14)6-5-7-10(12)18-13(16)15-11(17)4-2/h5-7H,3-4,8H2,1-2H3. The number of aryl methyl sites for hydroxylation is 1. The molecule has 0 saturated carbocycles. The van der Waals surface area contributed by atoms with Gasteiger partial charge in [0.1, 0.15) is 5.82 Å². The van der Waals surface area contributed by atoms with Crippen LogP contribution in [0.3, 0.4) is 0 Å². The van der Waals surface area contributed by atoms with Crippen LogP contribution in [0.5, 0.6) is 0 Å². The Kier molecular flexibility index (Phi) is 3.91. The Morgan fingerprint density at radius 2 is 2.22 bits per heavy atom. The summed E-state index contributed by atoms with van der Waals surface area (Å²) in [4.78, 5) is 16.1. The molecule has 5 heteroatoms. The quantitative estimate of drug-likeness (QED) is 0.840. The summed E-state index contributed by atoms with van der Waals surface area (Å²) in [6.45, 7) is 4.45. The zero-order valence-electron chi connectivity index (χ0n) is 10.4. The van der Waals surface area contributed by atoms with Gasteiger partial charge in [0, 0.05) is 13.0 Å². The van der Waals surface area contributed by atoms with Crippen LogP contribution in [0.2, 0.25) is 0 Å². The predicted octanol–water partition coefficient (Wildman–Crippen LogP) is 3.09. The second-order valence-electron chi connectivity index (χ2n) is 3.98. The highest BCUT2D eigenvalue weighted by Crippen LogP contribution is 2.20. The molecule has 1 heterocycles. The van der Waals surface area contributed by atoms with Gasteiger partial charge in [-0.15, -0.1) is 0 Å². The fourth-order valence-electron chi connectivity index (χ4n) is 1.79. The lowest BCUT2D eigenvalue weighted by molar-refractivity contribution is -0.117. The van der Waals surface area contributed by atoms with Gasteiger partial charge in [-0.2, -0.15) is 4.99 Å². The number of thiazole rings is 1. The van der Waals surface area contributed by atoms with Crippen LogP contribution in [-0.2, 0) is 11.3 Å². The molecule has 18 heavy (non-hydrogen) atoms. The van der Waals surface area contributed by atoms with Crippen molar-refractivity contribution in [3.8, 4) is 0 Å². The van der Waals surface area contributed by atoms with Crippen LogP contribution >= 0.6 is 11.3 Å². The average Bonchev–Trinajstić information content (AvgIpc) is 2.69. The number of hydrogen-bond donors (Lipinski definition) is 0. The Bertz CT molecular complexity index is 642. The molecule has 1 aromatic carbocycles. The van der Waals surface area contributed by atoms with Crippen molar-refractivity contribution < 1.29 is 9.18 Å². The van der Waals surface area contributed by atoms with Crippen LogP contribution in [0.25, 0.3) is 10.2 Å². The van der Waals surface area contributed by atoms with Crippen molar-refractivity contribution in [1.82, 2.24) is 4.57 Å². The summed E-state index contributed by atoms with van der Waals surface area (Å²) in [5.41, 5.74) is 0.548. The minimum absolute atomic E-state index is 0.174. The topological polar surface area (TPSA) is 34.4 Å². The maximum atomic E-state index is 13.9. The number of carbonyl (C=O) groups is 1. The van der Waals surface area contributed by atoms with Gasteiger partial charge in [0.25, 0.3) is 0 Å². The second-order valence-corrected chi connectivity index (χ2v) is 4.99. The monoisotopic (exact) mass is 266 g/mol. The molecule has 0 saturated heterocycles. The first kappa shape index (κ1) is 13.0. The van der Waals surface area contributed by atoms with Crippen LogP contribution in [0, 0.1) is 5.82 Å². The van der Waals surface area contributed by atoms with E-state index in [1.165, 1.54) is 17.4 Å². The number of amides is 1. The summed E-state index contributed by atoms with van der Waals surface area (Å²) < 4.78 is 16.5. The van der Waals surface area contributed by atoms with Gasteiger partial charge >= 0.3 is 0 Å². The third kappa shape index (κ3) is 2.36. The van der Waals surface area contributed by atoms with Crippen LogP contribution in [0.15, 0.2) is 23.2 Å². The number of halogens is 1. The first-order valence-corrected chi connectivity index (χ1v) is 6.84. The SMILES string of the molecule is CCCn1c(=NC(=O)CC)sc2cccc(F)c21. The molecule has 0 radical (unpaired) electrons. The minimum atomic E-state index is -0.261. The number of fused-ring (bicyclic) bond motifs is 1. The molecule has 96 valence electrons. The fraction of sp³-hybridized carbons (Fsp3) is 0.385. The summed E-state index contributed by atoms with van der Waals surface area (Å²) in [5, 5.41) is 0. The van der Waals surface area contributed by atoms with E-state index in [9.17, 15) is 9.18 Å². The summed E-state index contributed by atoms with van der Waals surface area (Å²) in [7, 11) is 0. The highest BCUT2D eigenvalue weighted by atomic mass is 32.1. The van der Waals surface area contributed by atoms with E-state index in [1.54, 1.807) is 17.6 Å². The van der Waals surface area contributed by atoms with E-state index < -0.39 is 0 Å². The van der Waals surface area contributed by atoms with E-state index in [1.807, 2.05) is 13.0 Å². The zero-order valence-corrected chi connectivity index (χ0v) is 11.3. The van der Waals surface area contributed by atoms with Gasteiger partial charge in [0.2, 0.25) is 5.91 Å². The van der Waals surface area contributed by atoms with Crippen molar-refractivity contribution in [3.63, 3.8) is 0 Å². The molecule has 0 aliphatic heterocycles. The molecular weight excluding hydrogens is 251 g/mol. The molecule has 3 nitrogen and oxygen atoms in total. The molecule has 0 aliphatic rings. The number of para-hydroxylation sites is 1. The zero-order chi connectivity index (χ0) is 13.1. The van der Waals surface area contributed by atoms with Gasteiger partial charge in [0.05, 0.1) is 10.2 Å². The normalized spacial score (nSPS) is 12.3. The number of benzene rings is 1. The van der Waals surface area contributed by atoms with Gasteiger partial charge in [-0.25, -0.2) is 4.39 Å². The molecule has 0 fully saturated rings. The van der Waals surface area contributed by atoms with Crippen molar-refractivity contribution in [3.05, 3.63) is 28.8 Å². The maximum Gasteiger partial charge on any atom is 0.248 e. The molecule has 2 aromatic rings. The second kappa shape index (κ2) is 5.44. The van der Waals surface area contributed by atoms with Crippen LogP contribution in [-0.4, -0.2) is 10.5 Å².